The Hall–Kier alpha value is -3.36. The SMILES string of the molecule is O=C(c1cccc(-n2cnnn2)c1)N1CC(N2C(=O)C3CC=CCC3C2=O)C1. The number of hydrogen-bond acceptors (Lipinski definition) is 6. The molecule has 2 saturated heterocycles. The van der Waals surface area contributed by atoms with Gasteiger partial charge in [0.25, 0.3) is 5.91 Å². The summed E-state index contributed by atoms with van der Waals surface area (Å²) in [5.74, 6) is -0.760. The van der Waals surface area contributed by atoms with Gasteiger partial charge in [-0.1, -0.05) is 18.2 Å². The van der Waals surface area contributed by atoms with E-state index < -0.39 is 0 Å². The average molecular weight is 378 g/mol. The van der Waals surface area contributed by atoms with E-state index in [4.69, 9.17) is 0 Å². The highest BCUT2D eigenvalue weighted by Crippen LogP contribution is 2.37. The lowest BCUT2D eigenvalue weighted by molar-refractivity contribution is -0.145. The van der Waals surface area contributed by atoms with Gasteiger partial charge in [-0.25, -0.2) is 4.68 Å². The van der Waals surface area contributed by atoms with E-state index >= 15 is 0 Å². The third-order valence-electron chi connectivity index (χ3n) is 5.76. The van der Waals surface area contributed by atoms with Gasteiger partial charge in [-0.05, 0) is 41.5 Å². The van der Waals surface area contributed by atoms with Crippen LogP contribution in [0.3, 0.4) is 0 Å². The highest BCUT2D eigenvalue weighted by molar-refractivity contribution is 6.06. The Morgan fingerprint density at radius 3 is 2.39 bits per heavy atom. The topological polar surface area (TPSA) is 101 Å². The minimum Gasteiger partial charge on any atom is -0.334 e. The summed E-state index contributed by atoms with van der Waals surface area (Å²) >= 11 is 0. The molecule has 9 heteroatoms. The first kappa shape index (κ1) is 16.8. The van der Waals surface area contributed by atoms with E-state index in [2.05, 4.69) is 15.5 Å². The number of aromatic nitrogens is 4. The molecule has 0 saturated carbocycles. The number of fused-ring (bicyclic) bond motifs is 1. The summed E-state index contributed by atoms with van der Waals surface area (Å²) in [6.45, 7) is 0.747. The number of likely N-dealkylation sites (tertiary alicyclic amines) is 2. The van der Waals surface area contributed by atoms with Gasteiger partial charge in [-0.3, -0.25) is 19.3 Å². The van der Waals surface area contributed by atoms with E-state index in [1.165, 1.54) is 15.9 Å². The minimum atomic E-state index is -0.227. The van der Waals surface area contributed by atoms with E-state index in [9.17, 15) is 14.4 Å². The molecule has 2 aliphatic heterocycles. The van der Waals surface area contributed by atoms with Crippen LogP contribution in [0, 0.1) is 11.8 Å². The number of allylic oxidation sites excluding steroid dienone is 2. The van der Waals surface area contributed by atoms with E-state index in [1.807, 2.05) is 18.2 Å². The van der Waals surface area contributed by atoms with Gasteiger partial charge < -0.3 is 4.90 Å². The molecule has 2 unspecified atom stereocenters. The maximum absolute atomic E-state index is 12.8. The zero-order chi connectivity index (χ0) is 19.3. The molecule has 9 nitrogen and oxygen atoms in total. The maximum atomic E-state index is 12.8. The van der Waals surface area contributed by atoms with Gasteiger partial charge in [0.2, 0.25) is 11.8 Å². The molecule has 1 aromatic carbocycles. The van der Waals surface area contributed by atoms with Crippen LogP contribution in [-0.4, -0.2) is 66.9 Å². The minimum absolute atomic E-state index is 0.0860. The number of nitrogens with zero attached hydrogens (tertiary/aromatic N) is 6. The molecule has 3 aliphatic rings. The van der Waals surface area contributed by atoms with Crippen molar-refractivity contribution in [1.29, 1.82) is 0 Å². The first-order chi connectivity index (χ1) is 13.6. The van der Waals surface area contributed by atoms with Gasteiger partial charge in [-0.2, -0.15) is 0 Å². The van der Waals surface area contributed by atoms with Crippen LogP contribution in [0.25, 0.3) is 5.69 Å². The number of benzene rings is 1. The van der Waals surface area contributed by atoms with Crippen molar-refractivity contribution in [2.45, 2.75) is 18.9 Å². The lowest BCUT2D eigenvalue weighted by Gasteiger charge is -2.43. The largest absolute Gasteiger partial charge is 0.334 e. The predicted octanol–water partition coefficient (Wildman–Crippen LogP) is 0.438. The molecule has 0 spiro atoms. The molecule has 0 bridgehead atoms. The zero-order valence-electron chi connectivity index (χ0n) is 15.0. The van der Waals surface area contributed by atoms with Crippen LogP contribution in [0.2, 0.25) is 0 Å². The molecule has 2 atom stereocenters. The number of rotatable bonds is 3. The molecule has 1 aliphatic carbocycles. The van der Waals surface area contributed by atoms with Crippen LogP contribution in [0.5, 0.6) is 0 Å². The number of carbonyl (C=O) groups is 3. The second kappa shape index (κ2) is 6.36. The van der Waals surface area contributed by atoms with Crippen LogP contribution in [0.4, 0.5) is 0 Å². The smallest absolute Gasteiger partial charge is 0.254 e. The van der Waals surface area contributed by atoms with Gasteiger partial charge in [0, 0.05) is 18.7 Å². The number of tetrazole rings is 1. The van der Waals surface area contributed by atoms with Gasteiger partial charge >= 0.3 is 0 Å². The molecule has 28 heavy (non-hydrogen) atoms. The molecular weight excluding hydrogens is 360 g/mol. The highest BCUT2D eigenvalue weighted by Gasteiger charge is 2.52. The van der Waals surface area contributed by atoms with Gasteiger partial charge in [0.05, 0.1) is 23.6 Å². The van der Waals surface area contributed by atoms with Gasteiger partial charge in [0.1, 0.15) is 6.33 Å². The number of hydrogen-bond donors (Lipinski definition) is 0. The number of imide groups is 1. The maximum Gasteiger partial charge on any atom is 0.254 e. The number of amides is 3. The Morgan fingerprint density at radius 2 is 1.75 bits per heavy atom. The lowest BCUT2D eigenvalue weighted by Crippen LogP contribution is -2.62. The van der Waals surface area contributed by atoms with E-state index in [0.29, 0.717) is 37.2 Å². The first-order valence-corrected chi connectivity index (χ1v) is 9.28. The van der Waals surface area contributed by atoms with Crippen LogP contribution in [-0.2, 0) is 9.59 Å². The molecule has 2 fully saturated rings. The fraction of sp³-hybridized carbons (Fsp3) is 0.368. The monoisotopic (exact) mass is 378 g/mol. The standard InChI is InChI=1S/C19H18N6O3/c26-17(12-4-3-5-13(8-12)24-11-20-21-22-24)23-9-14(10-23)25-18(27)15-6-1-2-7-16(15)19(25)28/h1-5,8,11,14-16H,6-7,9-10H2. The van der Waals surface area contributed by atoms with E-state index in [1.54, 1.807) is 23.1 Å². The van der Waals surface area contributed by atoms with Gasteiger partial charge in [0.15, 0.2) is 0 Å². The van der Waals surface area contributed by atoms with Crippen LogP contribution in [0.15, 0.2) is 42.7 Å². The molecule has 1 aromatic heterocycles. The first-order valence-electron chi connectivity index (χ1n) is 9.28. The molecule has 0 radical (unpaired) electrons. The molecule has 142 valence electrons. The summed E-state index contributed by atoms with van der Waals surface area (Å²) in [7, 11) is 0. The average Bonchev–Trinajstić information content (AvgIpc) is 3.31. The Morgan fingerprint density at radius 1 is 1.04 bits per heavy atom. The fourth-order valence-electron chi connectivity index (χ4n) is 4.21. The predicted molar refractivity (Wildman–Crippen MR) is 96.1 cm³/mol. The molecular formula is C19H18N6O3. The van der Waals surface area contributed by atoms with Crippen molar-refractivity contribution >= 4 is 17.7 Å². The third-order valence-corrected chi connectivity index (χ3v) is 5.76. The van der Waals surface area contributed by atoms with Crippen molar-refractivity contribution in [3.8, 4) is 5.69 Å². The summed E-state index contributed by atoms with van der Waals surface area (Å²) < 4.78 is 1.48. The summed E-state index contributed by atoms with van der Waals surface area (Å²) in [4.78, 5) is 41.2. The second-order valence-corrected chi connectivity index (χ2v) is 7.37. The van der Waals surface area contributed by atoms with Gasteiger partial charge in [-0.15, -0.1) is 5.10 Å². The summed E-state index contributed by atoms with van der Waals surface area (Å²) in [5.41, 5.74) is 1.21. The van der Waals surface area contributed by atoms with Crippen molar-refractivity contribution in [3.63, 3.8) is 0 Å². The highest BCUT2D eigenvalue weighted by atomic mass is 16.2. The lowest BCUT2D eigenvalue weighted by atomic mass is 9.85. The van der Waals surface area contributed by atoms with Crippen molar-refractivity contribution in [2.75, 3.05) is 13.1 Å². The Kier molecular flexibility index (Phi) is 3.81. The Balaban J connectivity index is 1.27. The molecule has 3 amide bonds. The molecule has 3 heterocycles. The second-order valence-electron chi connectivity index (χ2n) is 7.37. The van der Waals surface area contributed by atoms with E-state index in [0.717, 1.165) is 0 Å². The van der Waals surface area contributed by atoms with Crippen molar-refractivity contribution in [3.05, 3.63) is 48.3 Å². The number of carbonyl (C=O) groups excluding carboxylic acids is 3. The van der Waals surface area contributed by atoms with Crippen LogP contribution in [0.1, 0.15) is 23.2 Å². The fourth-order valence-corrected chi connectivity index (χ4v) is 4.21. The summed E-state index contributed by atoms with van der Waals surface area (Å²) in [6, 6.07) is 6.81. The molecule has 0 N–H and O–H groups in total. The Labute approximate surface area is 160 Å². The third kappa shape index (κ3) is 2.54. The van der Waals surface area contributed by atoms with Crippen molar-refractivity contribution in [1.82, 2.24) is 30.0 Å². The van der Waals surface area contributed by atoms with Crippen molar-refractivity contribution in [2.24, 2.45) is 11.8 Å². The molecule has 2 aromatic rings. The van der Waals surface area contributed by atoms with E-state index in [-0.39, 0.29) is 35.6 Å². The quantitative estimate of drug-likeness (QED) is 0.567. The Bertz CT molecular complexity index is 953. The van der Waals surface area contributed by atoms with Crippen LogP contribution < -0.4 is 0 Å². The normalized spacial score (nSPS) is 24.4. The zero-order valence-corrected chi connectivity index (χ0v) is 15.0. The summed E-state index contributed by atoms with van der Waals surface area (Å²) in [5, 5.41) is 11.0. The van der Waals surface area contributed by atoms with Crippen molar-refractivity contribution < 1.29 is 14.4 Å². The van der Waals surface area contributed by atoms with Crippen LogP contribution >= 0.6 is 0 Å². The summed E-state index contributed by atoms with van der Waals surface area (Å²) in [6.07, 6.45) is 6.67. The molecule has 5 rings (SSSR count).